The van der Waals surface area contributed by atoms with Crippen LogP contribution < -0.4 is 10.1 Å². The van der Waals surface area contributed by atoms with Crippen molar-refractivity contribution in [3.63, 3.8) is 0 Å². The summed E-state index contributed by atoms with van der Waals surface area (Å²) in [5.74, 6) is 0.753. The molecule has 21 heavy (non-hydrogen) atoms. The molecule has 1 atom stereocenters. The monoisotopic (exact) mass is 285 g/mol. The zero-order valence-electron chi connectivity index (χ0n) is 11.4. The van der Waals surface area contributed by atoms with Gasteiger partial charge in [-0.1, -0.05) is 6.07 Å². The Hall–Kier alpha value is -2.47. The van der Waals surface area contributed by atoms with Crippen molar-refractivity contribution in [2.75, 3.05) is 18.5 Å². The van der Waals surface area contributed by atoms with Crippen molar-refractivity contribution in [2.24, 2.45) is 0 Å². The standard InChI is InChI=1S/C15H15N3O3/c19-15(18-13-3-1-2-7-16-13)11-4-5-14(17-9-11)21-12-6-8-20-10-12/h1-5,7,9,12H,6,8,10H2,(H,16,18,19). The predicted octanol–water partition coefficient (Wildman–Crippen LogP) is 1.90. The highest BCUT2D eigenvalue weighted by atomic mass is 16.5. The molecule has 6 heteroatoms. The van der Waals surface area contributed by atoms with E-state index in [0.29, 0.717) is 23.9 Å². The number of nitrogens with one attached hydrogen (secondary N) is 1. The summed E-state index contributed by atoms with van der Waals surface area (Å²) in [6.45, 7) is 1.30. The first kappa shape index (κ1) is 13.5. The fourth-order valence-corrected chi connectivity index (χ4v) is 1.99. The van der Waals surface area contributed by atoms with E-state index in [1.165, 1.54) is 6.20 Å². The third-order valence-electron chi connectivity index (χ3n) is 3.08. The number of carbonyl (C=O) groups excluding carboxylic acids is 1. The van der Waals surface area contributed by atoms with Gasteiger partial charge in [0.05, 0.1) is 18.8 Å². The molecule has 2 aromatic heterocycles. The lowest BCUT2D eigenvalue weighted by Crippen LogP contribution is -2.17. The Kier molecular flexibility index (Phi) is 4.07. The number of hydrogen-bond donors (Lipinski definition) is 1. The number of hydrogen-bond acceptors (Lipinski definition) is 5. The van der Waals surface area contributed by atoms with Gasteiger partial charge < -0.3 is 14.8 Å². The van der Waals surface area contributed by atoms with Gasteiger partial charge >= 0.3 is 0 Å². The molecule has 3 rings (SSSR count). The number of ether oxygens (including phenoxy) is 2. The highest BCUT2D eigenvalue weighted by Crippen LogP contribution is 2.15. The van der Waals surface area contributed by atoms with E-state index in [9.17, 15) is 4.79 Å². The van der Waals surface area contributed by atoms with Crippen molar-refractivity contribution in [1.29, 1.82) is 0 Å². The third-order valence-corrected chi connectivity index (χ3v) is 3.08. The summed E-state index contributed by atoms with van der Waals surface area (Å²) in [4.78, 5) is 20.2. The van der Waals surface area contributed by atoms with Gasteiger partial charge in [0.1, 0.15) is 11.9 Å². The molecule has 1 fully saturated rings. The van der Waals surface area contributed by atoms with Crippen LogP contribution in [0.5, 0.6) is 5.88 Å². The van der Waals surface area contributed by atoms with Crippen LogP contribution in [0.1, 0.15) is 16.8 Å². The summed E-state index contributed by atoms with van der Waals surface area (Å²) < 4.78 is 10.9. The largest absolute Gasteiger partial charge is 0.472 e. The van der Waals surface area contributed by atoms with E-state index in [0.717, 1.165) is 13.0 Å². The SMILES string of the molecule is O=C(Nc1ccccn1)c1ccc(OC2CCOC2)nc1. The molecule has 108 valence electrons. The molecule has 2 aromatic rings. The Balaban J connectivity index is 1.62. The molecule has 1 aliphatic rings. The van der Waals surface area contributed by atoms with Crippen LogP contribution >= 0.6 is 0 Å². The number of nitrogens with zero attached hydrogens (tertiary/aromatic N) is 2. The van der Waals surface area contributed by atoms with Crippen molar-refractivity contribution in [1.82, 2.24) is 9.97 Å². The predicted molar refractivity (Wildman–Crippen MR) is 76.3 cm³/mol. The lowest BCUT2D eigenvalue weighted by atomic mass is 10.2. The van der Waals surface area contributed by atoms with E-state index in [2.05, 4.69) is 15.3 Å². The van der Waals surface area contributed by atoms with E-state index in [1.54, 1.807) is 30.5 Å². The van der Waals surface area contributed by atoms with Crippen LogP contribution in [-0.2, 0) is 4.74 Å². The molecule has 6 nitrogen and oxygen atoms in total. The van der Waals surface area contributed by atoms with Crippen LogP contribution in [0, 0.1) is 0 Å². The van der Waals surface area contributed by atoms with Crippen LogP contribution in [0.25, 0.3) is 0 Å². The quantitative estimate of drug-likeness (QED) is 0.928. The van der Waals surface area contributed by atoms with Crippen LogP contribution in [0.4, 0.5) is 5.82 Å². The van der Waals surface area contributed by atoms with Gasteiger partial charge in [0, 0.05) is 24.9 Å². The number of anilines is 1. The smallest absolute Gasteiger partial charge is 0.258 e. The van der Waals surface area contributed by atoms with Gasteiger partial charge in [-0.3, -0.25) is 4.79 Å². The van der Waals surface area contributed by atoms with Crippen molar-refractivity contribution >= 4 is 11.7 Å². The van der Waals surface area contributed by atoms with Gasteiger partial charge in [0.15, 0.2) is 0 Å². The first-order valence-electron chi connectivity index (χ1n) is 6.74. The normalized spacial score (nSPS) is 17.4. The van der Waals surface area contributed by atoms with E-state index < -0.39 is 0 Å². The molecule has 0 spiro atoms. The molecule has 0 bridgehead atoms. The minimum Gasteiger partial charge on any atom is -0.472 e. The molecule has 1 unspecified atom stereocenters. The first-order valence-corrected chi connectivity index (χ1v) is 6.74. The van der Waals surface area contributed by atoms with E-state index in [1.807, 2.05) is 6.07 Å². The van der Waals surface area contributed by atoms with E-state index in [-0.39, 0.29) is 12.0 Å². The summed E-state index contributed by atoms with van der Waals surface area (Å²) in [5, 5.41) is 2.70. The fourth-order valence-electron chi connectivity index (χ4n) is 1.99. The number of aromatic nitrogens is 2. The Labute approximate surface area is 122 Å². The zero-order valence-corrected chi connectivity index (χ0v) is 11.4. The fraction of sp³-hybridized carbons (Fsp3) is 0.267. The molecule has 3 heterocycles. The molecule has 0 radical (unpaired) electrons. The molecular weight excluding hydrogens is 270 g/mol. The van der Waals surface area contributed by atoms with Gasteiger partial charge in [-0.15, -0.1) is 0 Å². The average molecular weight is 285 g/mol. The minimum absolute atomic E-state index is 0.0469. The molecular formula is C15H15N3O3. The van der Waals surface area contributed by atoms with Crippen LogP contribution in [0.15, 0.2) is 42.7 Å². The third kappa shape index (κ3) is 3.55. The number of carbonyl (C=O) groups is 1. The maximum absolute atomic E-state index is 12.0. The molecule has 0 aromatic carbocycles. The van der Waals surface area contributed by atoms with E-state index >= 15 is 0 Å². The van der Waals surface area contributed by atoms with Crippen molar-refractivity contribution < 1.29 is 14.3 Å². The second-order valence-electron chi connectivity index (χ2n) is 4.66. The van der Waals surface area contributed by atoms with Gasteiger partial charge in [0.25, 0.3) is 5.91 Å². The Morgan fingerprint density at radius 1 is 1.29 bits per heavy atom. The molecule has 1 N–H and O–H groups in total. The lowest BCUT2D eigenvalue weighted by molar-refractivity contribution is 0.102. The molecule has 0 saturated carbocycles. The summed E-state index contributed by atoms with van der Waals surface area (Å²) in [6.07, 6.45) is 4.02. The Bertz CT molecular complexity index is 595. The summed E-state index contributed by atoms with van der Waals surface area (Å²) in [7, 11) is 0. The second kappa shape index (κ2) is 6.32. The highest BCUT2D eigenvalue weighted by Gasteiger charge is 2.17. The number of pyridine rings is 2. The summed E-state index contributed by atoms with van der Waals surface area (Å²) >= 11 is 0. The number of rotatable bonds is 4. The summed E-state index contributed by atoms with van der Waals surface area (Å²) in [6, 6.07) is 8.68. The van der Waals surface area contributed by atoms with Gasteiger partial charge in [-0.2, -0.15) is 0 Å². The molecule has 1 amide bonds. The van der Waals surface area contributed by atoms with Gasteiger partial charge in [-0.25, -0.2) is 9.97 Å². The maximum Gasteiger partial charge on any atom is 0.258 e. The second-order valence-corrected chi connectivity index (χ2v) is 4.66. The lowest BCUT2D eigenvalue weighted by Gasteiger charge is -2.10. The highest BCUT2D eigenvalue weighted by molar-refractivity contribution is 6.03. The zero-order chi connectivity index (χ0) is 14.5. The van der Waals surface area contributed by atoms with Gasteiger partial charge in [0.2, 0.25) is 5.88 Å². The van der Waals surface area contributed by atoms with E-state index in [4.69, 9.17) is 9.47 Å². The molecule has 1 saturated heterocycles. The minimum atomic E-state index is -0.253. The Morgan fingerprint density at radius 2 is 2.24 bits per heavy atom. The maximum atomic E-state index is 12.0. The number of amides is 1. The van der Waals surface area contributed by atoms with Crippen LogP contribution in [0.2, 0.25) is 0 Å². The topological polar surface area (TPSA) is 73.3 Å². The Morgan fingerprint density at radius 3 is 2.90 bits per heavy atom. The molecule has 1 aliphatic heterocycles. The summed E-state index contributed by atoms with van der Waals surface area (Å²) in [5.41, 5.74) is 0.454. The molecule has 0 aliphatic carbocycles. The van der Waals surface area contributed by atoms with Crippen LogP contribution in [-0.4, -0.2) is 35.2 Å². The van der Waals surface area contributed by atoms with Crippen molar-refractivity contribution in [3.05, 3.63) is 48.3 Å². The van der Waals surface area contributed by atoms with Crippen molar-refractivity contribution in [2.45, 2.75) is 12.5 Å². The van der Waals surface area contributed by atoms with Crippen LogP contribution in [0.3, 0.4) is 0 Å². The average Bonchev–Trinajstić information content (AvgIpc) is 3.02. The van der Waals surface area contributed by atoms with Gasteiger partial charge in [-0.05, 0) is 18.2 Å². The van der Waals surface area contributed by atoms with Crippen molar-refractivity contribution in [3.8, 4) is 5.88 Å². The first-order chi connectivity index (χ1) is 10.3.